The summed E-state index contributed by atoms with van der Waals surface area (Å²) in [7, 11) is 0. The van der Waals surface area contributed by atoms with E-state index < -0.39 is 0 Å². The summed E-state index contributed by atoms with van der Waals surface area (Å²) >= 11 is 0. The molecule has 2 rings (SSSR count). The monoisotopic (exact) mass is 192 g/mol. The van der Waals surface area contributed by atoms with Crippen molar-refractivity contribution in [3.63, 3.8) is 0 Å². The molecule has 0 atom stereocenters. The summed E-state index contributed by atoms with van der Waals surface area (Å²) in [6.07, 6.45) is 2.49. The van der Waals surface area contributed by atoms with Crippen LogP contribution in [-0.4, -0.2) is 16.9 Å². The molecular formula is C11H16N2O. The highest BCUT2D eigenvalue weighted by Crippen LogP contribution is 2.38. The van der Waals surface area contributed by atoms with Crippen LogP contribution in [0.15, 0.2) is 6.07 Å². The normalized spacial score (nSPS) is 15.9. The minimum Gasteiger partial charge on any atom is -0.345 e. The van der Waals surface area contributed by atoms with Crippen LogP contribution in [0.5, 0.6) is 0 Å². The fourth-order valence-electron chi connectivity index (χ4n) is 2.06. The van der Waals surface area contributed by atoms with Crippen molar-refractivity contribution in [3.05, 3.63) is 23.0 Å². The van der Waals surface area contributed by atoms with Gasteiger partial charge in [-0.1, -0.05) is 0 Å². The number of aromatic nitrogens is 1. The molecular weight excluding hydrogens is 176 g/mol. The number of Topliss-reactive ketones (excluding diaryl/α,β-unsaturated/α-hetero) is 1. The van der Waals surface area contributed by atoms with Crippen LogP contribution in [0.1, 0.15) is 40.6 Å². The lowest BCUT2D eigenvalue weighted by Gasteiger charge is -2.06. The van der Waals surface area contributed by atoms with Gasteiger partial charge in [0.15, 0.2) is 5.78 Å². The third kappa shape index (κ3) is 1.38. The lowest BCUT2D eigenvalue weighted by atomic mass is 10.1. The summed E-state index contributed by atoms with van der Waals surface area (Å²) in [5.74, 6) is 0.0463. The summed E-state index contributed by atoms with van der Waals surface area (Å²) in [6, 6.07) is 2.59. The van der Waals surface area contributed by atoms with Gasteiger partial charge in [-0.2, -0.15) is 0 Å². The van der Waals surface area contributed by atoms with E-state index in [0.29, 0.717) is 6.04 Å². The first-order valence-corrected chi connectivity index (χ1v) is 5.07. The minimum absolute atomic E-state index is 0.0463. The van der Waals surface area contributed by atoms with E-state index in [0.717, 1.165) is 11.3 Å². The molecule has 3 heteroatoms. The lowest BCUT2D eigenvalue weighted by molar-refractivity contribution is 0.100. The molecule has 2 N–H and O–H groups in total. The molecule has 0 aliphatic heterocycles. The first-order valence-electron chi connectivity index (χ1n) is 5.07. The molecule has 1 saturated carbocycles. The molecule has 1 fully saturated rings. The molecule has 0 radical (unpaired) electrons. The van der Waals surface area contributed by atoms with Gasteiger partial charge in [0.1, 0.15) is 0 Å². The second kappa shape index (κ2) is 3.24. The standard InChI is InChI=1S/C11H16N2O/c1-7-5-10(11(14)6-12)8(2)13(7)9-3-4-9/h5,9H,3-4,6,12H2,1-2H3. The average Bonchev–Trinajstić information content (AvgIpc) is 2.93. The number of carbonyl (C=O) groups excluding carboxylic acids is 1. The Labute approximate surface area is 83.9 Å². The quantitative estimate of drug-likeness (QED) is 0.739. The van der Waals surface area contributed by atoms with Crippen molar-refractivity contribution < 1.29 is 4.79 Å². The second-order valence-electron chi connectivity index (χ2n) is 4.01. The predicted octanol–water partition coefficient (Wildman–Crippen LogP) is 1.58. The van der Waals surface area contributed by atoms with Crippen LogP contribution in [0.2, 0.25) is 0 Å². The van der Waals surface area contributed by atoms with Crippen molar-refractivity contribution in [1.82, 2.24) is 4.57 Å². The van der Waals surface area contributed by atoms with Gasteiger partial charge in [0.25, 0.3) is 0 Å². The largest absolute Gasteiger partial charge is 0.345 e. The molecule has 0 spiro atoms. The fraction of sp³-hybridized carbons (Fsp3) is 0.545. The third-order valence-electron chi connectivity index (χ3n) is 2.88. The molecule has 1 aliphatic carbocycles. The molecule has 1 heterocycles. The van der Waals surface area contributed by atoms with Crippen LogP contribution in [0.3, 0.4) is 0 Å². The van der Waals surface area contributed by atoms with Gasteiger partial charge in [0.05, 0.1) is 6.54 Å². The zero-order valence-electron chi connectivity index (χ0n) is 8.71. The maximum atomic E-state index is 11.5. The molecule has 76 valence electrons. The summed E-state index contributed by atoms with van der Waals surface area (Å²) in [5.41, 5.74) is 8.43. The first-order chi connectivity index (χ1) is 6.65. The Kier molecular flexibility index (Phi) is 2.19. The average molecular weight is 192 g/mol. The smallest absolute Gasteiger partial charge is 0.178 e. The number of rotatable bonds is 3. The summed E-state index contributed by atoms with van der Waals surface area (Å²) in [5, 5.41) is 0. The van der Waals surface area contributed by atoms with Crippen LogP contribution >= 0.6 is 0 Å². The molecule has 14 heavy (non-hydrogen) atoms. The fourth-order valence-corrected chi connectivity index (χ4v) is 2.06. The van der Waals surface area contributed by atoms with Crippen molar-refractivity contribution >= 4 is 5.78 Å². The topological polar surface area (TPSA) is 48.0 Å². The number of aryl methyl sites for hydroxylation is 1. The van der Waals surface area contributed by atoms with Crippen LogP contribution in [0, 0.1) is 13.8 Å². The van der Waals surface area contributed by atoms with Crippen LogP contribution in [-0.2, 0) is 0 Å². The van der Waals surface area contributed by atoms with Crippen LogP contribution in [0.4, 0.5) is 0 Å². The molecule has 1 aliphatic rings. The third-order valence-corrected chi connectivity index (χ3v) is 2.88. The Morgan fingerprint density at radius 2 is 2.21 bits per heavy atom. The Morgan fingerprint density at radius 3 is 2.71 bits per heavy atom. The molecule has 0 saturated heterocycles. The second-order valence-corrected chi connectivity index (χ2v) is 4.01. The molecule has 0 bridgehead atoms. The van der Waals surface area contributed by atoms with Gasteiger partial charge in [0.2, 0.25) is 0 Å². The summed E-state index contributed by atoms with van der Waals surface area (Å²) in [6.45, 7) is 4.17. The van der Waals surface area contributed by atoms with Gasteiger partial charge < -0.3 is 10.3 Å². The SMILES string of the molecule is Cc1cc(C(=O)CN)c(C)n1C1CC1. The first kappa shape index (κ1) is 9.46. The van der Waals surface area contributed by atoms with E-state index in [2.05, 4.69) is 11.5 Å². The molecule has 0 aromatic carbocycles. The van der Waals surface area contributed by atoms with Crippen LogP contribution < -0.4 is 5.73 Å². The van der Waals surface area contributed by atoms with E-state index in [4.69, 9.17) is 5.73 Å². The zero-order chi connectivity index (χ0) is 10.3. The number of hydrogen-bond acceptors (Lipinski definition) is 2. The maximum Gasteiger partial charge on any atom is 0.178 e. The highest BCUT2D eigenvalue weighted by Gasteiger charge is 2.27. The van der Waals surface area contributed by atoms with E-state index in [9.17, 15) is 4.79 Å². The lowest BCUT2D eigenvalue weighted by Crippen LogP contribution is -2.14. The van der Waals surface area contributed by atoms with Crippen molar-refractivity contribution in [2.24, 2.45) is 5.73 Å². The van der Waals surface area contributed by atoms with Gasteiger partial charge in [-0.15, -0.1) is 0 Å². The Balaban J connectivity index is 2.43. The van der Waals surface area contributed by atoms with Gasteiger partial charge in [-0.05, 0) is 32.8 Å². The number of nitrogens with two attached hydrogens (primary N) is 1. The molecule has 0 amide bonds. The molecule has 1 aromatic heterocycles. The Hall–Kier alpha value is -1.09. The van der Waals surface area contributed by atoms with Crippen molar-refractivity contribution in [2.45, 2.75) is 32.7 Å². The van der Waals surface area contributed by atoms with Gasteiger partial charge >= 0.3 is 0 Å². The molecule has 3 nitrogen and oxygen atoms in total. The number of hydrogen-bond donors (Lipinski definition) is 1. The predicted molar refractivity (Wildman–Crippen MR) is 55.6 cm³/mol. The minimum atomic E-state index is 0.0463. The number of ketones is 1. The highest BCUT2D eigenvalue weighted by molar-refractivity contribution is 5.98. The number of carbonyl (C=O) groups is 1. The van der Waals surface area contributed by atoms with E-state index in [1.807, 2.05) is 13.0 Å². The number of nitrogens with zero attached hydrogens (tertiary/aromatic N) is 1. The van der Waals surface area contributed by atoms with E-state index in [-0.39, 0.29) is 12.3 Å². The van der Waals surface area contributed by atoms with E-state index in [1.54, 1.807) is 0 Å². The van der Waals surface area contributed by atoms with E-state index in [1.165, 1.54) is 18.5 Å². The Morgan fingerprint density at radius 1 is 1.57 bits per heavy atom. The van der Waals surface area contributed by atoms with Gasteiger partial charge in [-0.3, -0.25) is 4.79 Å². The van der Waals surface area contributed by atoms with Crippen molar-refractivity contribution in [2.75, 3.05) is 6.54 Å². The van der Waals surface area contributed by atoms with E-state index >= 15 is 0 Å². The zero-order valence-corrected chi connectivity index (χ0v) is 8.71. The van der Waals surface area contributed by atoms with Gasteiger partial charge in [0, 0.05) is 23.0 Å². The van der Waals surface area contributed by atoms with Crippen molar-refractivity contribution in [1.29, 1.82) is 0 Å². The Bertz CT molecular complexity index is 375. The molecule has 0 unspecified atom stereocenters. The summed E-state index contributed by atoms with van der Waals surface area (Å²) < 4.78 is 2.27. The molecule has 1 aromatic rings. The maximum absolute atomic E-state index is 11.5. The highest BCUT2D eigenvalue weighted by atomic mass is 16.1. The van der Waals surface area contributed by atoms with Crippen LogP contribution in [0.25, 0.3) is 0 Å². The van der Waals surface area contributed by atoms with Gasteiger partial charge in [-0.25, -0.2) is 0 Å². The summed E-state index contributed by atoms with van der Waals surface area (Å²) in [4.78, 5) is 11.5. The van der Waals surface area contributed by atoms with Crippen molar-refractivity contribution in [3.8, 4) is 0 Å².